The fraction of sp³-hybridized carbons (Fsp3) is 1.00. The summed E-state index contributed by atoms with van der Waals surface area (Å²) >= 11 is 0.600. The molecular formula is C10H22FI. The average Bonchev–Trinajstić information content (AvgIpc) is 2.03. The van der Waals surface area contributed by atoms with Gasteiger partial charge in [-0.1, -0.05) is 26.7 Å². The molecule has 0 aromatic heterocycles. The van der Waals surface area contributed by atoms with Gasteiger partial charge in [0.15, 0.2) is 0 Å². The lowest BCUT2D eigenvalue weighted by Gasteiger charge is -1.88. The minimum Gasteiger partial charge on any atom is -1.00 e. The van der Waals surface area contributed by atoms with E-state index in [0.29, 0.717) is 21.2 Å². The van der Waals surface area contributed by atoms with Crippen LogP contribution in [0.1, 0.15) is 52.4 Å². The zero-order valence-electron chi connectivity index (χ0n) is 8.41. The summed E-state index contributed by atoms with van der Waals surface area (Å²) in [5, 5.41) is 0. The van der Waals surface area contributed by atoms with Crippen molar-refractivity contribution in [3.63, 3.8) is 0 Å². The Labute approximate surface area is 87.1 Å². The fourth-order valence-corrected chi connectivity index (χ4v) is 3.67. The van der Waals surface area contributed by atoms with E-state index in [9.17, 15) is 0 Å². The molecule has 0 unspecified atom stereocenters. The summed E-state index contributed by atoms with van der Waals surface area (Å²) in [6.07, 6.45) is 8.73. The molecule has 2 heteroatoms. The summed E-state index contributed by atoms with van der Waals surface area (Å²) in [4.78, 5) is 0. The third-order valence-corrected chi connectivity index (χ3v) is 4.79. The van der Waals surface area contributed by atoms with E-state index in [-0.39, 0.29) is 4.70 Å². The number of halogens is 2. The van der Waals surface area contributed by atoms with Crippen molar-refractivity contribution in [3.8, 4) is 0 Å². The molecule has 0 rings (SSSR count). The van der Waals surface area contributed by atoms with Crippen LogP contribution < -0.4 is 25.9 Å². The quantitative estimate of drug-likeness (QED) is 0.262. The summed E-state index contributed by atoms with van der Waals surface area (Å²) < 4.78 is 3.16. The molecule has 0 heterocycles. The van der Waals surface area contributed by atoms with Gasteiger partial charge >= 0.3 is 0 Å². The number of hydrogen-bond donors (Lipinski definition) is 0. The summed E-state index contributed by atoms with van der Waals surface area (Å²) in [7, 11) is 0. The van der Waals surface area contributed by atoms with Crippen LogP contribution in [0.15, 0.2) is 0 Å². The van der Waals surface area contributed by atoms with E-state index in [0.717, 1.165) is 0 Å². The topological polar surface area (TPSA) is 0 Å². The molecule has 0 spiro atoms. The minimum absolute atomic E-state index is 0. The van der Waals surface area contributed by atoms with Crippen molar-refractivity contribution < 1.29 is 25.9 Å². The maximum Gasteiger partial charge on any atom is 0.268 e. The lowest BCUT2D eigenvalue weighted by molar-refractivity contribution is -0.655. The Hall–Kier alpha value is 0.660. The van der Waals surface area contributed by atoms with Crippen LogP contribution in [-0.2, 0) is 0 Å². The summed E-state index contributed by atoms with van der Waals surface area (Å²) in [6, 6.07) is 0. The number of rotatable bonds is 8. The molecule has 0 amide bonds. The van der Waals surface area contributed by atoms with E-state index < -0.39 is 0 Å². The van der Waals surface area contributed by atoms with Crippen molar-refractivity contribution >= 4 is 0 Å². The molecule has 76 valence electrons. The van der Waals surface area contributed by atoms with Crippen LogP contribution in [-0.4, -0.2) is 8.86 Å². The zero-order valence-corrected chi connectivity index (χ0v) is 10.6. The summed E-state index contributed by atoms with van der Waals surface area (Å²) in [5.41, 5.74) is 0. The van der Waals surface area contributed by atoms with Crippen molar-refractivity contribution in [2.75, 3.05) is 8.86 Å². The maximum atomic E-state index is 2.29. The van der Waals surface area contributed by atoms with Gasteiger partial charge in [-0.3, -0.25) is 0 Å². The molecule has 12 heavy (non-hydrogen) atoms. The Morgan fingerprint density at radius 1 is 0.750 bits per heavy atom. The molecule has 0 aromatic rings. The van der Waals surface area contributed by atoms with Gasteiger partial charge in [-0.25, -0.2) is 0 Å². The second kappa shape index (κ2) is 14.2. The van der Waals surface area contributed by atoms with Gasteiger partial charge < -0.3 is 4.70 Å². The van der Waals surface area contributed by atoms with E-state index >= 15 is 0 Å². The van der Waals surface area contributed by atoms with Crippen molar-refractivity contribution in [3.05, 3.63) is 0 Å². The normalized spacial score (nSPS) is 9.50. The number of unbranched alkanes of at least 4 members (excludes halogenated alkanes) is 4. The third-order valence-electron chi connectivity index (χ3n) is 1.74. The van der Waals surface area contributed by atoms with Crippen LogP contribution in [0.3, 0.4) is 0 Å². The molecule has 0 aliphatic heterocycles. The Balaban J connectivity index is 0. The molecule has 0 bridgehead atoms. The van der Waals surface area contributed by atoms with Gasteiger partial charge in [0.1, 0.15) is 8.86 Å². The van der Waals surface area contributed by atoms with Crippen LogP contribution in [0.2, 0.25) is 0 Å². The smallest absolute Gasteiger partial charge is 0.268 e. The molecule has 0 fully saturated rings. The molecule has 0 aliphatic carbocycles. The highest BCUT2D eigenvalue weighted by Gasteiger charge is 2.03. The van der Waals surface area contributed by atoms with Crippen LogP contribution in [0.25, 0.3) is 0 Å². The lowest BCUT2D eigenvalue weighted by atomic mass is 10.3. The van der Waals surface area contributed by atoms with Gasteiger partial charge in [0, 0.05) is 0 Å². The van der Waals surface area contributed by atoms with Gasteiger partial charge in [-0.05, 0) is 25.7 Å². The number of hydrogen-bond acceptors (Lipinski definition) is 0. The summed E-state index contributed by atoms with van der Waals surface area (Å²) in [5.74, 6) is 0. The predicted octanol–water partition coefficient (Wildman–Crippen LogP) is -2.54. The van der Waals surface area contributed by atoms with Crippen LogP contribution in [0, 0.1) is 0 Å². The van der Waals surface area contributed by atoms with Gasteiger partial charge in [-0.2, -0.15) is 0 Å². The monoisotopic (exact) mass is 288 g/mol. The first-order chi connectivity index (χ1) is 5.41. The molecular weight excluding hydrogens is 266 g/mol. The first-order valence-corrected chi connectivity index (χ1v) is 8.00. The average molecular weight is 288 g/mol. The van der Waals surface area contributed by atoms with Gasteiger partial charge in [-0.15, -0.1) is 0 Å². The van der Waals surface area contributed by atoms with E-state index in [2.05, 4.69) is 13.8 Å². The maximum absolute atomic E-state index is 2.29. The molecule has 0 aliphatic rings. The first kappa shape index (κ1) is 15.1. The minimum atomic E-state index is 0. The highest BCUT2D eigenvalue weighted by Crippen LogP contribution is 1.89. The highest BCUT2D eigenvalue weighted by molar-refractivity contribution is 4.34. The standard InChI is InChI=1S/C10H22I.FH/c1-3-5-7-9-11-10-8-6-4-2;/h3-10H2,1-2H3;1H/q+1;/p-1. The van der Waals surface area contributed by atoms with Gasteiger partial charge in [0.2, 0.25) is 0 Å². The SMILES string of the molecule is CCCCC[I+]CCCCC.[F-]. The van der Waals surface area contributed by atoms with Crippen molar-refractivity contribution in [1.29, 1.82) is 0 Å². The van der Waals surface area contributed by atoms with Crippen LogP contribution in [0.4, 0.5) is 0 Å². The first-order valence-electron chi connectivity index (χ1n) is 4.95. The van der Waals surface area contributed by atoms with E-state index in [1.807, 2.05) is 0 Å². The Morgan fingerprint density at radius 3 is 1.50 bits per heavy atom. The van der Waals surface area contributed by atoms with Crippen LogP contribution >= 0.6 is 0 Å². The largest absolute Gasteiger partial charge is 1.00 e. The van der Waals surface area contributed by atoms with E-state index in [1.54, 1.807) is 8.86 Å². The molecule has 0 saturated heterocycles. The van der Waals surface area contributed by atoms with Crippen molar-refractivity contribution in [2.45, 2.75) is 52.4 Å². The Kier molecular flexibility index (Phi) is 17.9. The van der Waals surface area contributed by atoms with E-state index in [1.165, 1.54) is 38.5 Å². The Bertz CT molecular complexity index is 58.9. The van der Waals surface area contributed by atoms with Gasteiger partial charge in [0.05, 0.1) is 0 Å². The second-order valence-electron chi connectivity index (χ2n) is 2.98. The molecule has 0 saturated carbocycles. The highest BCUT2D eigenvalue weighted by atomic mass is 127. The van der Waals surface area contributed by atoms with Crippen molar-refractivity contribution in [1.82, 2.24) is 0 Å². The molecule has 0 N–H and O–H groups in total. The Morgan fingerprint density at radius 2 is 1.17 bits per heavy atom. The molecule has 0 radical (unpaired) electrons. The predicted molar refractivity (Wildman–Crippen MR) is 48.8 cm³/mol. The molecule has 0 nitrogen and oxygen atoms in total. The zero-order chi connectivity index (χ0) is 8.36. The van der Waals surface area contributed by atoms with Gasteiger partial charge in [0.25, 0.3) is 21.2 Å². The molecule has 0 aromatic carbocycles. The number of alkyl halides is 2. The second-order valence-corrected chi connectivity index (χ2v) is 6.22. The van der Waals surface area contributed by atoms with Crippen LogP contribution in [0.5, 0.6) is 0 Å². The van der Waals surface area contributed by atoms with Crippen molar-refractivity contribution in [2.24, 2.45) is 0 Å². The lowest BCUT2D eigenvalue weighted by Crippen LogP contribution is -3.63. The van der Waals surface area contributed by atoms with E-state index in [4.69, 9.17) is 0 Å². The fourth-order valence-electron chi connectivity index (χ4n) is 0.972. The molecule has 0 atom stereocenters. The third kappa shape index (κ3) is 13.3. The summed E-state index contributed by atoms with van der Waals surface area (Å²) in [6.45, 7) is 4.57.